The molecule has 2 aromatic rings. The van der Waals surface area contributed by atoms with Crippen LogP contribution in [0, 0.1) is 6.92 Å². The molecule has 2 aromatic carbocycles. The van der Waals surface area contributed by atoms with Crippen LogP contribution < -0.4 is 4.72 Å². The summed E-state index contributed by atoms with van der Waals surface area (Å²) in [5.41, 5.74) is 1.41. The van der Waals surface area contributed by atoms with Crippen LogP contribution in [0.4, 0.5) is 0 Å². The maximum Gasteiger partial charge on any atom is 0.338 e. The van der Waals surface area contributed by atoms with Gasteiger partial charge in [0.1, 0.15) is 4.90 Å². The molecule has 1 unspecified atom stereocenters. The average molecular weight is 452 g/mol. The number of sulfonamides is 1. The molecule has 160 valence electrons. The van der Waals surface area contributed by atoms with E-state index < -0.39 is 22.6 Å². The van der Waals surface area contributed by atoms with Crippen LogP contribution in [-0.4, -0.2) is 46.0 Å². The first-order valence-electron chi connectivity index (χ1n) is 9.44. The van der Waals surface area contributed by atoms with E-state index in [1.807, 2.05) is 6.92 Å². The number of hydrogen-bond donors (Lipinski definition) is 1. The Balaban J connectivity index is 1.66. The predicted octanol–water partition coefficient (Wildman–Crippen LogP) is 3.15. The molecule has 1 atom stereocenters. The number of ketones is 1. The Kier molecular flexibility index (Phi) is 7.25. The first kappa shape index (κ1) is 22.4. The predicted molar refractivity (Wildman–Crippen MR) is 111 cm³/mol. The van der Waals surface area contributed by atoms with Crippen molar-refractivity contribution in [2.45, 2.75) is 30.8 Å². The summed E-state index contributed by atoms with van der Waals surface area (Å²) in [6.07, 6.45) is 1.48. The van der Waals surface area contributed by atoms with Gasteiger partial charge in [-0.05, 0) is 38.0 Å². The van der Waals surface area contributed by atoms with Crippen molar-refractivity contribution in [2.75, 3.05) is 19.8 Å². The zero-order valence-electron chi connectivity index (χ0n) is 16.4. The molecule has 1 aliphatic rings. The van der Waals surface area contributed by atoms with Crippen LogP contribution in [0.25, 0.3) is 0 Å². The number of hydrogen-bond acceptors (Lipinski definition) is 6. The zero-order valence-corrected chi connectivity index (χ0v) is 18.0. The maximum absolute atomic E-state index is 12.6. The third kappa shape index (κ3) is 5.66. The molecular formula is C21H22ClNO6S. The van der Waals surface area contributed by atoms with Crippen LogP contribution in [-0.2, 0) is 19.5 Å². The van der Waals surface area contributed by atoms with Crippen molar-refractivity contribution in [3.8, 4) is 0 Å². The van der Waals surface area contributed by atoms with E-state index in [1.54, 1.807) is 24.3 Å². The molecule has 0 bridgehead atoms. The monoisotopic (exact) mass is 451 g/mol. The van der Waals surface area contributed by atoms with Gasteiger partial charge in [-0.3, -0.25) is 4.79 Å². The van der Waals surface area contributed by atoms with E-state index in [4.69, 9.17) is 21.1 Å². The van der Waals surface area contributed by atoms with Gasteiger partial charge in [0.05, 0.1) is 16.7 Å². The van der Waals surface area contributed by atoms with E-state index in [2.05, 4.69) is 4.72 Å². The third-order valence-electron chi connectivity index (χ3n) is 4.69. The van der Waals surface area contributed by atoms with Gasteiger partial charge in [-0.25, -0.2) is 17.9 Å². The second kappa shape index (κ2) is 9.70. The Morgan fingerprint density at radius 1 is 1.17 bits per heavy atom. The lowest BCUT2D eigenvalue weighted by Crippen LogP contribution is -2.32. The molecule has 0 radical (unpaired) electrons. The van der Waals surface area contributed by atoms with Gasteiger partial charge in [0.15, 0.2) is 12.4 Å². The number of Topliss-reactive ketones (excluding diaryl/α,β-unsaturated/α-hetero) is 1. The number of rotatable bonds is 8. The van der Waals surface area contributed by atoms with Crippen LogP contribution in [0.3, 0.4) is 0 Å². The molecule has 7 nitrogen and oxygen atoms in total. The minimum atomic E-state index is -3.95. The number of ether oxygens (including phenoxy) is 2. The molecule has 0 spiro atoms. The van der Waals surface area contributed by atoms with E-state index in [-0.39, 0.29) is 33.9 Å². The second-order valence-electron chi connectivity index (χ2n) is 7.00. The Labute approximate surface area is 180 Å². The quantitative estimate of drug-likeness (QED) is 0.489. The standard InChI is InChI=1S/C21H22ClNO6S/c1-14-4-6-15(7-5-14)19(24)13-29-21(25)16-8-9-18(22)20(11-16)30(26,27)23-12-17-3-2-10-28-17/h4-9,11,17,23H,2-3,10,12-13H2,1H3. The van der Waals surface area contributed by atoms with Gasteiger partial charge in [-0.15, -0.1) is 0 Å². The smallest absolute Gasteiger partial charge is 0.338 e. The molecule has 1 N–H and O–H groups in total. The number of carbonyl (C=O) groups is 2. The summed E-state index contributed by atoms with van der Waals surface area (Å²) in [6.45, 7) is 2.17. The normalized spacial score (nSPS) is 16.4. The molecule has 3 rings (SSSR count). The fourth-order valence-corrected chi connectivity index (χ4v) is 4.55. The topological polar surface area (TPSA) is 98.8 Å². The Bertz CT molecular complexity index is 1030. The van der Waals surface area contributed by atoms with E-state index >= 15 is 0 Å². The first-order chi connectivity index (χ1) is 14.3. The van der Waals surface area contributed by atoms with Crippen LogP contribution in [0.2, 0.25) is 5.02 Å². The van der Waals surface area contributed by atoms with Crippen LogP contribution in [0.5, 0.6) is 0 Å². The highest BCUT2D eigenvalue weighted by molar-refractivity contribution is 7.89. The average Bonchev–Trinajstić information content (AvgIpc) is 3.25. The molecule has 1 aliphatic heterocycles. The largest absolute Gasteiger partial charge is 0.454 e. The fourth-order valence-electron chi connectivity index (χ4n) is 2.96. The van der Waals surface area contributed by atoms with Gasteiger partial charge < -0.3 is 9.47 Å². The van der Waals surface area contributed by atoms with Crippen LogP contribution >= 0.6 is 11.6 Å². The number of esters is 1. The van der Waals surface area contributed by atoms with E-state index in [0.717, 1.165) is 24.5 Å². The highest BCUT2D eigenvalue weighted by Crippen LogP contribution is 2.23. The van der Waals surface area contributed by atoms with Gasteiger partial charge in [-0.1, -0.05) is 41.4 Å². The molecular weight excluding hydrogens is 430 g/mol. The van der Waals surface area contributed by atoms with Crippen molar-refractivity contribution >= 4 is 33.4 Å². The number of nitrogens with one attached hydrogen (secondary N) is 1. The maximum atomic E-state index is 12.6. The number of benzene rings is 2. The van der Waals surface area contributed by atoms with Gasteiger partial charge >= 0.3 is 5.97 Å². The SMILES string of the molecule is Cc1ccc(C(=O)COC(=O)c2ccc(Cl)c(S(=O)(=O)NCC3CCCO3)c2)cc1. The number of halogens is 1. The highest BCUT2D eigenvalue weighted by atomic mass is 35.5. The minimum absolute atomic E-state index is 0.0198. The van der Waals surface area contributed by atoms with Gasteiger partial charge in [0, 0.05) is 18.7 Å². The molecule has 0 amide bonds. The minimum Gasteiger partial charge on any atom is -0.454 e. The Morgan fingerprint density at radius 2 is 1.87 bits per heavy atom. The van der Waals surface area contributed by atoms with Crippen molar-refractivity contribution in [1.29, 1.82) is 0 Å². The van der Waals surface area contributed by atoms with Crippen molar-refractivity contribution < 1.29 is 27.5 Å². The first-order valence-corrected chi connectivity index (χ1v) is 11.3. The lowest BCUT2D eigenvalue weighted by Gasteiger charge is -2.13. The third-order valence-corrected chi connectivity index (χ3v) is 6.59. The van der Waals surface area contributed by atoms with E-state index in [9.17, 15) is 18.0 Å². The fraction of sp³-hybridized carbons (Fsp3) is 0.333. The Hall–Kier alpha value is -2.26. The Morgan fingerprint density at radius 3 is 2.53 bits per heavy atom. The van der Waals surface area contributed by atoms with E-state index in [0.29, 0.717) is 12.2 Å². The number of aryl methyl sites for hydroxylation is 1. The second-order valence-corrected chi connectivity index (χ2v) is 9.14. The van der Waals surface area contributed by atoms with Gasteiger partial charge in [-0.2, -0.15) is 0 Å². The van der Waals surface area contributed by atoms with Crippen molar-refractivity contribution in [2.24, 2.45) is 0 Å². The van der Waals surface area contributed by atoms with Crippen molar-refractivity contribution in [3.05, 3.63) is 64.2 Å². The number of carbonyl (C=O) groups excluding carboxylic acids is 2. The summed E-state index contributed by atoms with van der Waals surface area (Å²) in [4.78, 5) is 24.3. The molecule has 9 heteroatoms. The summed E-state index contributed by atoms with van der Waals surface area (Å²) in [7, 11) is -3.95. The van der Waals surface area contributed by atoms with E-state index in [1.165, 1.54) is 12.1 Å². The zero-order chi connectivity index (χ0) is 21.7. The summed E-state index contributed by atoms with van der Waals surface area (Å²) in [5.74, 6) is -1.17. The summed E-state index contributed by atoms with van der Waals surface area (Å²) in [6, 6.07) is 10.7. The molecule has 0 aromatic heterocycles. The van der Waals surface area contributed by atoms with Gasteiger partial charge in [0.2, 0.25) is 10.0 Å². The van der Waals surface area contributed by atoms with Crippen molar-refractivity contribution in [1.82, 2.24) is 4.72 Å². The lowest BCUT2D eigenvalue weighted by molar-refractivity contribution is 0.0474. The van der Waals surface area contributed by atoms with Crippen LogP contribution in [0.1, 0.15) is 39.1 Å². The van der Waals surface area contributed by atoms with Gasteiger partial charge in [0.25, 0.3) is 0 Å². The lowest BCUT2D eigenvalue weighted by atomic mass is 10.1. The van der Waals surface area contributed by atoms with Crippen molar-refractivity contribution in [3.63, 3.8) is 0 Å². The molecule has 1 heterocycles. The summed E-state index contributed by atoms with van der Waals surface area (Å²) in [5, 5.41) is -0.0258. The molecule has 0 aliphatic carbocycles. The van der Waals surface area contributed by atoms with Crippen LogP contribution in [0.15, 0.2) is 47.4 Å². The highest BCUT2D eigenvalue weighted by Gasteiger charge is 2.24. The molecule has 0 saturated carbocycles. The molecule has 30 heavy (non-hydrogen) atoms. The summed E-state index contributed by atoms with van der Waals surface area (Å²) < 4.78 is 38.1. The molecule has 1 saturated heterocycles. The molecule has 1 fully saturated rings. The summed E-state index contributed by atoms with van der Waals surface area (Å²) >= 11 is 6.04.